The van der Waals surface area contributed by atoms with Crippen molar-refractivity contribution in [3.05, 3.63) is 18.0 Å². The lowest BCUT2D eigenvalue weighted by Gasteiger charge is -2.11. The van der Waals surface area contributed by atoms with Crippen molar-refractivity contribution in [2.75, 3.05) is 0 Å². The monoisotopic (exact) mass is 240 g/mol. The number of aliphatic carboxylic acids is 1. The Bertz CT molecular complexity index is 454. The second-order valence-electron chi connectivity index (χ2n) is 3.41. The molecule has 1 aromatic heterocycles. The van der Waals surface area contributed by atoms with E-state index in [1.807, 2.05) is 0 Å². The summed E-state index contributed by atoms with van der Waals surface area (Å²) in [7, 11) is 0. The molecule has 0 saturated heterocycles. The van der Waals surface area contributed by atoms with Crippen LogP contribution in [0.25, 0.3) is 0 Å². The molecule has 0 aromatic carbocycles. The number of carbonyl (C=O) groups is 3. The molecule has 8 nitrogen and oxygen atoms in total. The van der Waals surface area contributed by atoms with E-state index >= 15 is 0 Å². The Morgan fingerprint density at radius 2 is 2.24 bits per heavy atom. The molecule has 0 fully saturated rings. The Morgan fingerprint density at radius 1 is 1.59 bits per heavy atom. The number of aromatic nitrogens is 2. The fourth-order valence-electron chi connectivity index (χ4n) is 1.26. The number of rotatable bonds is 4. The highest BCUT2D eigenvalue weighted by Crippen LogP contribution is 2.11. The molecule has 1 heterocycles. The van der Waals surface area contributed by atoms with Crippen molar-refractivity contribution < 1.29 is 19.5 Å². The third kappa shape index (κ3) is 3.59. The highest BCUT2D eigenvalue weighted by Gasteiger charge is 2.24. The number of carboxylic acids is 1. The Labute approximate surface area is 96.4 Å². The number of nitrogens with one attached hydrogen (secondary N) is 1. The molecule has 92 valence electrons. The molecule has 0 radical (unpaired) electrons. The van der Waals surface area contributed by atoms with E-state index in [0.29, 0.717) is 5.69 Å². The van der Waals surface area contributed by atoms with Gasteiger partial charge in [0.1, 0.15) is 0 Å². The first-order valence-corrected chi connectivity index (χ1v) is 4.74. The van der Waals surface area contributed by atoms with Crippen molar-refractivity contribution in [1.29, 1.82) is 0 Å². The number of urea groups is 1. The second kappa shape index (κ2) is 5.10. The molecule has 17 heavy (non-hydrogen) atoms. The molecule has 1 unspecified atom stereocenters. The van der Waals surface area contributed by atoms with Gasteiger partial charge in [-0.25, -0.2) is 9.59 Å². The highest BCUT2D eigenvalue weighted by atomic mass is 16.4. The average molecular weight is 240 g/mol. The zero-order chi connectivity index (χ0) is 13.0. The van der Waals surface area contributed by atoms with Gasteiger partial charge in [-0.1, -0.05) is 0 Å². The zero-order valence-corrected chi connectivity index (χ0v) is 9.08. The van der Waals surface area contributed by atoms with Crippen LogP contribution in [0, 0.1) is 6.92 Å². The molecule has 1 aromatic rings. The smallest absolute Gasteiger partial charge is 0.329 e. The summed E-state index contributed by atoms with van der Waals surface area (Å²) in [5.74, 6) is -1.98. The molecule has 1 rings (SSSR count). The lowest BCUT2D eigenvalue weighted by molar-refractivity contribution is -0.143. The van der Waals surface area contributed by atoms with Gasteiger partial charge in [0.15, 0.2) is 6.04 Å². The van der Waals surface area contributed by atoms with Crippen LogP contribution >= 0.6 is 0 Å². The van der Waals surface area contributed by atoms with Crippen LogP contribution in [0.4, 0.5) is 4.79 Å². The third-order valence-corrected chi connectivity index (χ3v) is 1.99. The van der Waals surface area contributed by atoms with Crippen LogP contribution in [0.15, 0.2) is 12.3 Å². The topological polar surface area (TPSA) is 127 Å². The highest BCUT2D eigenvalue weighted by molar-refractivity contribution is 5.95. The number of carbonyl (C=O) groups excluding carboxylic acids is 2. The molecule has 0 aliphatic carbocycles. The molecular weight excluding hydrogens is 228 g/mol. The first kappa shape index (κ1) is 12.7. The number of primary amides is 1. The zero-order valence-electron chi connectivity index (χ0n) is 9.08. The van der Waals surface area contributed by atoms with E-state index in [9.17, 15) is 14.4 Å². The van der Waals surface area contributed by atoms with Crippen LogP contribution < -0.4 is 11.1 Å². The van der Waals surface area contributed by atoms with E-state index in [1.165, 1.54) is 6.20 Å². The van der Waals surface area contributed by atoms with Gasteiger partial charge in [0.25, 0.3) is 0 Å². The fraction of sp³-hybridized carbons (Fsp3) is 0.333. The minimum atomic E-state index is -1.22. The predicted molar refractivity (Wildman–Crippen MR) is 56.0 cm³/mol. The maximum absolute atomic E-state index is 11.2. The standard InChI is InChI=1S/C9H12N4O4/c1-5-2-3-13(12-5)6(8(15)16)4-7(14)11-9(10)17/h2-3,6H,4H2,1H3,(H,15,16)(H3,10,11,14,17). The van der Waals surface area contributed by atoms with Crippen LogP contribution in [0.2, 0.25) is 0 Å². The van der Waals surface area contributed by atoms with E-state index in [-0.39, 0.29) is 0 Å². The maximum Gasteiger partial charge on any atom is 0.329 e. The Hall–Kier alpha value is -2.38. The van der Waals surface area contributed by atoms with Gasteiger partial charge >= 0.3 is 12.0 Å². The van der Waals surface area contributed by atoms with Gasteiger partial charge in [-0.2, -0.15) is 5.10 Å². The number of nitrogens with zero attached hydrogens (tertiary/aromatic N) is 2. The number of nitrogens with two attached hydrogens (primary N) is 1. The lowest BCUT2D eigenvalue weighted by Crippen LogP contribution is -2.37. The molecule has 3 amide bonds. The molecule has 1 atom stereocenters. The van der Waals surface area contributed by atoms with Crippen LogP contribution in [0.5, 0.6) is 0 Å². The van der Waals surface area contributed by atoms with E-state index in [0.717, 1.165) is 4.68 Å². The molecule has 0 spiro atoms. The molecule has 4 N–H and O–H groups in total. The summed E-state index contributed by atoms with van der Waals surface area (Å²) in [5.41, 5.74) is 5.38. The number of carboxylic acid groups (broad SMARTS) is 1. The lowest BCUT2D eigenvalue weighted by atomic mass is 10.2. The van der Waals surface area contributed by atoms with Crippen molar-refractivity contribution in [1.82, 2.24) is 15.1 Å². The summed E-state index contributed by atoms with van der Waals surface area (Å²) in [6.45, 7) is 1.69. The molecule has 0 aliphatic rings. The molecule has 8 heteroatoms. The van der Waals surface area contributed by atoms with Gasteiger partial charge in [-0.3, -0.25) is 14.8 Å². The first-order valence-electron chi connectivity index (χ1n) is 4.74. The van der Waals surface area contributed by atoms with E-state index in [4.69, 9.17) is 10.8 Å². The number of amides is 3. The van der Waals surface area contributed by atoms with Gasteiger partial charge in [0.2, 0.25) is 5.91 Å². The van der Waals surface area contributed by atoms with Crippen molar-refractivity contribution in [2.24, 2.45) is 5.73 Å². The fourth-order valence-corrected chi connectivity index (χ4v) is 1.26. The number of imide groups is 1. The first-order chi connectivity index (χ1) is 7.90. The van der Waals surface area contributed by atoms with Crippen molar-refractivity contribution >= 4 is 17.9 Å². The van der Waals surface area contributed by atoms with E-state index < -0.39 is 30.4 Å². The van der Waals surface area contributed by atoms with Crippen molar-refractivity contribution in [2.45, 2.75) is 19.4 Å². The normalized spacial score (nSPS) is 11.8. The second-order valence-corrected chi connectivity index (χ2v) is 3.41. The predicted octanol–water partition coefficient (Wildman–Crippen LogP) is -0.598. The minimum Gasteiger partial charge on any atom is -0.480 e. The quantitative estimate of drug-likeness (QED) is 0.647. The number of hydrogen-bond donors (Lipinski definition) is 3. The van der Waals surface area contributed by atoms with Gasteiger partial charge in [0, 0.05) is 6.20 Å². The molecule has 0 saturated carbocycles. The summed E-state index contributed by atoms with van der Waals surface area (Å²) >= 11 is 0. The van der Waals surface area contributed by atoms with Crippen LogP contribution in [-0.4, -0.2) is 32.8 Å². The number of aryl methyl sites for hydroxylation is 1. The largest absolute Gasteiger partial charge is 0.480 e. The Morgan fingerprint density at radius 3 is 2.65 bits per heavy atom. The third-order valence-electron chi connectivity index (χ3n) is 1.99. The Balaban J connectivity index is 2.77. The summed E-state index contributed by atoms with van der Waals surface area (Å²) in [6, 6.07) is -0.569. The van der Waals surface area contributed by atoms with E-state index in [2.05, 4.69) is 5.10 Å². The van der Waals surface area contributed by atoms with Crippen LogP contribution in [-0.2, 0) is 9.59 Å². The van der Waals surface area contributed by atoms with Crippen molar-refractivity contribution in [3.8, 4) is 0 Å². The van der Waals surface area contributed by atoms with E-state index in [1.54, 1.807) is 18.3 Å². The van der Waals surface area contributed by atoms with Crippen LogP contribution in [0.3, 0.4) is 0 Å². The molecule has 0 bridgehead atoms. The number of hydrogen-bond acceptors (Lipinski definition) is 4. The summed E-state index contributed by atoms with van der Waals surface area (Å²) in [5, 5.41) is 14.7. The van der Waals surface area contributed by atoms with Crippen LogP contribution in [0.1, 0.15) is 18.2 Å². The summed E-state index contributed by atoms with van der Waals surface area (Å²) < 4.78 is 1.15. The average Bonchev–Trinajstić information content (AvgIpc) is 2.59. The van der Waals surface area contributed by atoms with Gasteiger partial charge < -0.3 is 10.8 Å². The molecule has 0 aliphatic heterocycles. The summed E-state index contributed by atoms with van der Waals surface area (Å²) in [6.07, 6.45) is 1.03. The SMILES string of the molecule is Cc1ccn(C(CC(=O)NC(N)=O)C(=O)O)n1. The minimum absolute atomic E-state index is 0.417. The Kier molecular flexibility index (Phi) is 3.81. The summed E-state index contributed by atoms with van der Waals surface area (Å²) in [4.78, 5) is 32.6. The van der Waals surface area contributed by atoms with Gasteiger partial charge in [0.05, 0.1) is 12.1 Å². The van der Waals surface area contributed by atoms with Crippen molar-refractivity contribution in [3.63, 3.8) is 0 Å². The van der Waals surface area contributed by atoms with Gasteiger partial charge in [-0.15, -0.1) is 0 Å². The molecular formula is C9H12N4O4. The van der Waals surface area contributed by atoms with Gasteiger partial charge in [-0.05, 0) is 13.0 Å². The maximum atomic E-state index is 11.2.